The quantitative estimate of drug-likeness (QED) is 0.649. The van der Waals surface area contributed by atoms with Gasteiger partial charge in [-0.1, -0.05) is 15.9 Å². The maximum Gasteiger partial charge on any atom is 0.225 e. The zero-order valence-corrected chi connectivity index (χ0v) is 17.2. The number of carbonyl (C=O) groups is 1. The fourth-order valence-electron chi connectivity index (χ4n) is 3.23. The zero-order chi connectivity index (χ0) is 18.6. The average Bonchev–Trinajstić information content (AvgIpc) is 3.17. The van der Waals surface area contributed by atoms with Gasteiger partial charge in [-0.25, -0.2) is 9.97 Å². The summed E-state index contributed by atoms with van der Waals surface area (Å²) in [5.74, 6) is 1.07. The molecule has 8 heteroatoms. The smallest absolute Gasteiger partial charge is 0.225 e. The van der Waals surface area contributed by atoms with E-state index in [2.05, 4.69) is 52.5 Å². The third-order valence-electron chi connectivity index (χ3n) is 4.70. The molecule has 1 N–H and O–H groups in total. The molecule has 0 radical (unpaired) electrons. The number of amides is 1. The molecule has 1 aliphatic heterocycles. The second kappa shape index (κ2) is 8.33. The Hall–Kier alpha value is -2.03. The zero-order valence-electron chi connectivity index (χ0n) is 14.8. The van der Waals surface area contributed by atoms with Gasteiger partial charge in [0, 0.05) is 49.3 Å². The van der Waals surface area contributed by atoms with Gasteiger partial charge in [0.25, 0.3) is 0 Å². The second-order valence-electron chi connectivity index (χ2n) is 6.47. The van der Waals surface area contributed by atoms with E-state index in [9.17, 15) is 4.79 Å². The molecule has 1 amide bonds. The van der Waals surface area contributed by atoms with Crippen molar-refractivity contribution in [2.75, 3.05) is 42.9 Å². The Balaban J connectivity index is 1.26. The van der Waals surface area contributed by atoms with Gasteiger partial charge in [0.1, 0.15) is 17.0 Å². The number of hydrogen-bond acceptors (Lipinski definition) is 6. The number of halogens is 1. The Morgan fingerprint density at radius 1 is 1.11 bits per heavy atom. The molecule has 140 valence electrons. The molecule has 0 bridgehead atoms. The van der Waals surface area contributed by atoms with Crippen LogP contribution in [-0.4, -0.2) is 53.5 Å². The monoisotopic (exact) mass is 445 g/mol. The van der Waals surface area contributed by atoms with E-state index in [1.165, 1.54) is 0 Å². The molecule has 0 spiro atoms. The first kappa shape index (κ1) is 18.3. The van der Waals surface area contributed by atoms with Crippen molar-refractivity contribution in [3.05, 3.63) is 46.5 Å². The number of hydrogen-bond donors (Lipinski definition) is 1. The summed E-state index contributed by atoms with van der Waals surface area (Å²) in [5, 5.41) is 6.14. The van der Waals surface area contributed by atoms with Gasteiger partial charge in [-0.15, -0.1) is 11.3 Å². The van der Waals surface area contributed by atoms with Gasteiger partial charge in [-0.05, 0) is 35.7 Å². The molecule has 1 aliphatic rings. The molecule has 0 atom stereocenters. The Morgan fingerprint density at radius 2 is 1.89 bits per heavy atom. The van der Waals surface area contributed by atoms with Gasteiger partial charge >= 0.3 is 0 Å². The van der Waals surface area contributed by atoms with Crippen molar-refractivity contribution in [3.8, 4) is 0 Å². The molecule has 0 saturated carbocycles. The molecule has 4 rings (SSSR count). The van der Waals surface area contributed by atoms with E-state index in [0.29, 0.717) is 6.42 Å². The van der Waals surface area contributed by atoms with Crippen molar-refractivity contribution in [3.63, 3.8) is 0 Å². The van der Waals surface area contributed by atoms with Gasteiger partial charge in [0.15, 0.2) is 0 Å². The molecular formula is C19H20BrN5OS. The number of thiophene rings is 1. The number of aromatic nitrogens is 2. The summed E-state index contributed by atoms with van der Waals surface area (Å²) in [6.07, 6.45) is 2.14. The number of nitrogens with one attached hydrogen (secondary N) is 1. The number of fused-ring (bicyclic) bond motifs is 1. The summed E-state index contributed by atoms with van der Waals surface area (Å²) in [4.78, 5) is 26.7. The number of anilines is 2. The first-order chi connectivity index (χ1) is 13.2. The predicted octanol–water partition coefficient (Wildman–Crippen LogP) is 3.60. The predicted molar refractivity (Wildman–Crippen MR) is 113 cm³/mol. The molecule has 6 nitrogen and oxygen atoms in total. The SMILES string of the molecule is O=C(CCN1CCN(c2ncnc3sccc23)CC1)Nc1ccc(Br)cc1. The summed E-state index contributed by atoms with van der Waals surface area (Å²) >= 11 is 5.04. The molecule has 0 unspecified atom stereocenters. The maximum atomic E-state index is 12.2. The largest absolute Gasteiger partial charge is 0.353 e. The minimum absolute atomic E-state index is 0.0514. The van der Waals surface area contributed by atoms with E-state index in [0.717, 1.165) is 58.9 Å². The number of carbonyl (C=O) groups excluding carboxylic acids is 1. The molecule has 1 fully saturated rings. The Labute approximate surface area is 170 Å². The highest BCUT2D eigenvalue weighted by Crippen LogP contribution is 2.27. The lowest BCUT2D eigenvalue weighted by molar-refractivity contribution is -0.116. The van der Waals surface area contributed by atoms with E-state index >= 15 is 0 Å². The Kier molecular flexibility index (Phi) is 5.66. The first-order valence-electron chi connectivity index (χ1n) is 8.90. The standard InChI is InChI=1S/C19H20BrN5OS/c20-14-1-3-15(4-2-14)23-17(26)5-7-24-8-10-25(11-9-24)18-16-6-12-27-19(16)22-13-21-18/h1-4,6,12-13H,5,7-11H2,(H,23,26). The van der Waals surface area contributed by atoms with Gasteiger partial charge in [0.2, 0.25) is 5.91 Å². The summed E-state index contributed by atoms with van der Waals surface area (Å²) in [5.41, 5.74) is 0.830. The van der Waals surface area contributed by atoms with Gasteiger partial charge in [-0.2, -0.15) is 0 Å². The third kappa shape index (κ3) is 4.45. The summed E-state index contributed by atoms with van der Waals surface area (Å²) in [7, 11) is 0. The van der Waals surface area contributed by atoms with E-state index in [4.69, 9.17) is 0 Å². The van der Waals surface area contributed by atoms with Crippen LogP contribution in [0.5, 0.6) is 0 Å². The molecule has 27 heavy (non-hydrogen) atoms. The lowest BCUT2D eigenvalue weighted by Crippen LogP contribution is -2.47. The van der Waals surface area contributed by atoms with Crippen LogP contribution in [0.15, 0.2) is 46.5 Å². The van der Waals surface area contributed by atoms with Crippen molar-refractivity contribution < 1.29 is 4.79 Å². The van der Waals surface area contributed by atoms with Crippen molar-refractivity contribution in [2.24, 2.45) is 0 Å². The molecule has 3 heterocycles. The van der Waals surface area contributed by atoms with E-state index in [1.807, 2.05) is 24.3 Å². The first-order valence-corrected chi connectivity index (χ1v) is 10.6. The number of rotatable bonds is 5. The highest BCUT2D eigenvalue weighted by Gasteiger charge is 2.20. The highest BCUT2D eigenvalue weighted by atomic mass is 79.9. The van der Waals surface area contributed by atoms with E-state index < -0.39 is 0 Å². The normalized spacial score (nSPS) is 15.2. The van der Waals surface area contributed by atoms with Crippen LogP contribution in [0.1, 0.15) is 6.42 Å². The van der Waals surface area contributed by atoms with E-state index in [1.54, 1.807) is 17.7 Å². The summed E-state index contributed by atoms with van der Waals surface area (Å²) < 4.78 is 1.00. The fourth-order valence-corrected chi connectivity index (χ4v) is 4.22. The molecule has 2 aromatic heterocycles. The molecular weight excluding hydrogens is 426 g/mol. The van der Waals surface area contributed by atoms with Crippen LogP contribution in [0.2, 0.25) is 0 Å². The average molecular weight is 446 g/mol. The third-order valence-corrected chi connectivity index (χ3v) is 6.05. The van der Waals surface area contributed by atoms with Crippen molar-refractivity contribution in [1.82, 2.24) is 14.9 Å². The van der Waals surface area contributed by atoms with Crippen molar-refractivity contribution in [2.45, 2.75) is 6.42 Å². The summed E-state index contributed by atoms with van der Waals surface area (Å²) in [6, 6.07) is 9.73. The fraction of sp³-hybridized carbons (Fsp3) is 0.316. The van der Waals surface area contributed by atoms with Crippen LogP contribution in [0.25, 0.3) is 10.2 Å². The minimum Gasteiger partial charge on any atom is -0.353 e. The van der Waals surface area contributed by atoms with Crippen molar-refractivity contribution >= 4 is 54.9 Å². The van der Waals surface area contributed by atoms with Crippen LogP contribution in [-0.2, 0) is 4.79 Å². The molecule has 1 aromatic carbocycles. The lowest BCUT2D eigenvalue weighted by atomic mass is 10.2. The molecule has 1 saturated heterocycles. The number of nitrogens with zero attached hydrogens (tertiary/aromatic N) is 4. The second-order valence-corrected chi connectivity index (χ2v) is 8.28. The van der Waals surface area contributed by atoms with Gasteiger partial charge < -0.3 is 10.2 Å². The van der Waals surface area contributed by atoms with Gasteiger partial charge in [0.05, 0.1) is 5.39 Å². The highest BCUT2D eigenvalue weighted by molar-refractivity contribution is 9.10. The lowest BCUT2D eigenvalue weighted by Gasteiger charge is -2.35. The van der Waals surface area contributed by atoms with Crippen LogP contribution in [0.3, 0.4) is 0 Å². The minimum atomic E-state index is 0.0514. The number of piperazine rings is 1. The van der Waals surface area contributed by atoms with Gasteiger partial charge in [-0.3, -0.25) is 9.69 Å². The molecule has 0 aliphatic carbocycles. The maximum absolute atomic E-state index is 12.2. The van der Waals surface area contributed by atoms with Crippen LogP contribution >= 0.6 is 27.3 Å². The van der Waals surface area contributed by atoms with E-state index in [-0.39, 0.29) is 5.91 Å². The van der Waals surface area contributed by atoms with Crippen LogP contribution in [0.4, 0.5) is 11.5 Å². The van der Waals surface area contributed by atoms with Crippen LogP contribution in [0, 0.1) is 0 Å². The topological polar surface area (TPSA) is 61.4 Å². The summed E-state index contributed by atoms with van der Waals surface area (Å²) in [6.45, 7) is 4.46. The van der Waals surface area contributed by atoms with Crippen molar-refractivity contribution in [1.29, 1.82) is 0 Å². The molecule has 3 aromatic rings. The van der Waals surface area contributed by atoms with Crippen LogP contribution < -0.4 is 10.2 Å². The Bertz CT molecular complexity index is 921. The number of benzene rings is 1. The Morgan fingerprint density at radius 3 is 2.67 bits per heavy atom.